The molecule has 0 atom stereocenters. The molecule has 5 rings (SSSR count). The van der Waals surface area contributed by atoms with Gasteiger partial charge in [-0.15, -0.1) is 0 Å². The molecule has 1 fully saturated rings. The molecule has 1 aliphatic heterocycles. The number of fused-ring (bicyclic) bond motifs is 1. The van der Waals surface area contributed by atoms with E-state index in [-0.39, 0.29) is 24.3 Å². The van der Waals surface area contributed by atoms with Gasteiger partial charge in [-0.2, -0.15) is 10.2 Å². The van der Waals surface area contributed by atoms with E-state index < -0.39 is 5.60 Å². The number of hydrogen-bond acceptors (Lipinski definition) is 6. The SMILES string of the molecule is Cc1[nH]nc(C(=O)Cc2cnc3[nH]c(-c4cnn(C5CCN(C(=O)OC(C)(C)C)CC5)c4)cc3c2)c1C. The number of carbonyl (C=O) groups excluding carboxylic acids is 2. The summed E-state index contributed by atoms with van der Waals surface area (Å²) in [4.78, 5) is 34.7. The summed E-state index contributed by atoms with van der Waals surface area (Å²) in [6.45, 7) is 10.7. The standard InChI is InChI=1S/C27H33N7O3/c1-16-17(2)31-32-24(16)23(35)11-18-10-19-12-22(30-25(19)28-13-18)20-14-29-34(15-20)21-6-8-33(9-7-21)26(36)37-27(3,4)5/h10,12-15,21H,6-9,11H2,1-5H3,(H,28,30)(H,31,32). The Morgan fingerprint density at radius 1 is 1.14 bits per heavy atom. The number of ether oxygens (including phenoxy) is 1. The minimum atomic E-state index is -0.493. The van der Waals surface area contributed by atoms with Crippen molar-refractivity contribution in [3.05, 3.63) is 53.2 Å². The highest BCUT2D eigenvalue weighted by Gasteiger charge is 2.28. The molecule has 1 amide bonds. The number of aromatic nitrogens is 6. The van der Waals surface area contributed by atoms with Crippen LogP contribution in [0.5, 0.6) is 0 Å². The van der Waals surface area contributed by atoms with Gasteiger partial charge in [0.25, 0.3) is 0 Å². The van der Waals surface area contributed by atoms with E-state index >= 15 is 0 Å². The van der Waals surface area contributed by atoms with E-state index in [9.17, 15) is 9.59 Å². The van der Waals surface area contributed by atoms with Gasteiger partial charge < -0.3 is 14.6 Å². The lowest BCUT2D eigenvalue weighted by Crippen LogP contribution is -2.42. The van der Waals surface area contributed by atoms with E-state index in [1.165, 1.54) is 0 Å². The Hall–Kier alpha value is -3.95. The van der Waals surface area contributed by atoms with Crippen molar-refractivity contribution in [2.24, 2.45) is 0 Å². The fraction of sp³-hybridized carbons (Fsp3) is 0.444. The maximum Gasteiger partial charge on any atom is 0.410 e. The van der Waals surface area contributed by atoms with Gasteiger partial charge in [-0.1, -0.05) is 0 Å². The Labute approximate surface area is 215 Å². The second kappa shape index (κ2) is 9.49. The average molecular weight is 504 g/mol. The van der Waals surface area contributed by atoms with Gasteiger partial charge in [0, 0.05) is 54.1 Å². The zero-order valence-corrected chi connectivity index (χ0v) is 22.0. The molecule has 0 bridgehead atoms. The van der Waals surface area contributed by atoms with E-state index in [2.05, 4.69) is 25.3 Å². The van der Waals surface area contributed by atoms with E-state index in [0.717, 1.165) is 52.0 Å². The third-order valence-corrected chi connectivity index (χ3v) is 6.81. The number of H-pyrrole nitrogens is 2. The minimum Gasteiger partial charge on any atom is -0.444 e. The molecule has 4 aromatic rings. The van der Waals surface area contributed by atoms with Gasteiger partial charge in [0.05, 0.1) is 17.9 Å². The number of Topliss-reactive ketones (excluding diaryl/α,β-unsaturated/α-hetero) is 1. The Morgan fingerprint density at radius 3 is 2.57 bits per heavy atom. The second-order valence-electron chi connectivity index (χ2n) is 10.8. The first-order chi connectivity index (χ1) is 17.6. The predicted octanol–water partition coefficient (Wildman–Crippen LogP) is 4.76. The highest BCUT2D eigenvalue weighted by Crippen LogP contribution is 2.28. The highest BCUT2D eigenvalue weighted by atomic mass is 16.6. The first kappa shape index (κ1) is 24.7. The van der Waals surface area contributed by atoms with Crippen LogP contribution in [0.4, 0.5) is 4.79 Å². The number of carbonyl (C=O) groups is 2. The molecule has 37 heavy (non-hydrogen) atoms. The van der Waals surface area contributed by atoms with Gasteiger partial charge in [0.2, 0.25) is 0 Å². The highest BCUT2D eigenvalue weighted by molar-refractivity contribution is 5.97. The number of piperidine rings is 1. The summed E-state index contributed by atoms with van der Waals surface area (Å²) in [6, 6.07) is 4.25. The number of hydrogen-bond donors (Lipinski definition) is 2. The number of aromatic amines is 2. The van der Waals surface area contributed by atoms with Crippen LogP contribution >= 0.6 is 0 Å². The number of pyridine rings is 1. The summed E-state index contributed by atoms with van der Waals surface area (Å²) in [7, 11) is 0. The molecular weight excluding hydrogens is 470 g/mol. The second-order valence-corrected chi connectivity index (χ2v) is 10.8. The number of amides is 1. The largest absolute Gasteiger partial charge is 0.444 e. The van der Waals surface area contributed by atoms with Crippen LogP contribution in [0, 0.1) is 13.8 Å². The summed E-state index contributed by atoms with van der Waals surface area (Å²) in [5.41, 5.74) is 5.27. The van der Waals surface area contributed by atoms with E-state index in [0.29, 0.717) is 18.8 Å². The molecular formula is C27H33N7O3. The van der Waals surface area contributed by atoms with Crippen molar-refractivity contribution in [1.82, 2.24) is 34.8 Å². The zero-order chi connectivity index (χ0) is 26.3. The monoisotopic (exact) mass is 503 g/mol. The predicted molar refractivity (Wildman–Crippen MR) is 139 cm³/mol. The van der Waals surface area contributed by atoms with Gasteiger partial charge in [-0.3, -0.25) is 14.6 Å². The van der Waals surface area contributed by atoms with Crippen LogP contribution in [-0.2, 0) is 11.2 Å². The summed E-state index contributed by atoms with van der Waals surface area (Å²) in [5.74, 6) is -0.0299. The molecule has 5 heterocycles. The maximum absolute atomic E-state index is 12.7. The maximum atomic E-state index is 12.7. The fourth-order valence-electron chi connectivity index (χ4n) is 4.66. The lowest BCUT2D eigenvalue weighted by atomic mass is 10.0. The molecule has 0 radical (unpaired) electrons. The molecule has 1 saturated heterocycles. The van der Waals surface area contributed by atoms with Crippen LogP contribution in [-0.4, -0.2) is 65.4 Å². The topological polar surface area (TPSA) is 122 Å². The lowest BCUT2D eigenvalue weighted by Gasteiger charge is -2.33. The third kappa shape index (κ3) is 5.28. The van der Waals surface area contributed by atoms with Crippen molar-refractivity contribution in [3.63, 3.8) is 0 Å². The molecule has 0 saturated carbocycles. The molecule has 4 aromatic heterocycles. The molecule has 10 heteroatoms. The van der Waals surface area contributed by atoms with Crippen LogP contribution in [0.3, 0.4) is 0 Å². The van der Waals surface area contributed by atoms with Crippen LogP contribution in [0.2, 0.25) is 0 Å². The van der Waals surface area contributed by atoms with Gasteiger partial charge in [-0.05, 0) is 65.2 Å². The Bertz CT molecular complexity index is 1450. The van der Waals surface area contributed by atoms with Gasteiger partial charge in [0.15, 0.2) is 5.78 Å². The first-order valence-corrected chi connectivity index (χ1v) is 12.6. The van der Waals surface area contributed by atoms with Crippen molar-refractivity contribution < 1.29 is 14.3 Å². The smallest absolute Gasteiger partial charge is 0.410 e. The first-order valence-electron chi connectivity index (χ1n) is 12.6. The number of nitrogens with zero attached hydrogens (tertiary/aromatic N) is 5. The Kier molecular flexibility index (Phi) is 6.35. The van der Waals surface area contributed by atoms with Crippen LogP contribution < -0.4 is 0 Å². The van der Waals surface area contributed by atoms with Crippen molar-refractivity contribution in [1.29, 1.82) is 0 Å². The average Bonchev–Trinajstić information content (AvgIpc) is 3.57. The normalized spacial score (nSPS) is 14.9. The number of rotatable bonds is 5. The number of likely N-dealkylation sites (tertiary alicyclic amines) is 1. The van der Waals surface area contributed by atoms with E-state index in [1.807, 2.05) is 63.8 Å². The number of nitrogens with one attached hydrogen (secondary N) is 2. The van der Waals surface area contributed by atoms with Gasteiger partial charge in [-0.25, -0.2) is 9.78 Å². The van der Waals surface area contributed by atoms with Crippen molar-refractivity contribution in [2.75, 3.05) is 13.1 Å². The van der Waals surface area contributed by atoms with Crippen LogP contribution in [0.15, 0.2) is 30.7 Å². The zero-order valence-electron chi connectivity index (χ0n) is 22.0. The third-order valence-electron chi connectivity index (χ3n) is 6.81. The molecule has 1 aliphatic rings. The van der Waals surface area contributed by atoms with Crippen molar-refractivity contribution >= 4 is 22.9 Å². The summed E-state index contributed by atoms with van der Waals surface area (Å²) >= 11 is 0. The minimum absolute atomic E-state index is 0.0299. The summed E-state index contributed by atoms with van der Waals surface area (Å²) < 4.78 is 7.48. The molecule has 2 N–H and O–H groups in total. The number of aryl methyl sites for hydroxylation is 1. The fourth-order valence-corrected chi connectivity index (χ4v) is 4.66. The van der Waals surface area contributed by atoms with Crippen LogP contribution in [0.25, 0.3) is 22.3 Å². The van der Waals surface area contributed by atoms with Crippen LogP contribution in [0.1, 0.15) is 67.0 Å². The summed E-state index contributed by atoms with van der Waals surface area (Å²) in [5, 5.41) is 12.6. The summed E-state index contributed by atoms with van der Waals surface area (Å²) in [6.07, 6.45) is 7.24. The van der Waals surface area contributed by atoms with Crippen molar-refractivity contribution in [2.45, 2.75) is 65.5 Å². The molecule has 0 unspecified atom stereocenters. The lowest BCUT2D eigenvalue weighted by molar-refractivity contribution is 0.0184. The molecule has 0 aliphatic carbocycles. The van der Waals surface area contributed by atoms with E-state index in [1.54, 1.807) is 11.1 Å². The van der Waals surface area contributed by atoms with Gasteiger partial charge in [0.1, 0.15) is 16.9 Å². The van der Waals surface area contributed by atoms with Crippen molar-refractivity contribution in [3.8, 4) is 11.3 Å². The molecule has 0 spiro atoms. The molecule has 10 nitrogen and oxygen atoms in total. The Morgan fingerprint density at radius 2 is 1.89 bits per heavy atom. The molecule has 194 valence electrons. The quantitative estimate of drug-likeness (QED) is 0.379. The molecule has 0 aromatic carbocycles. The van der Waals surface area contributed by atoms with Gasteiger partial charge >= 0.3 is 6.09 Å². The number of ketones is 1. The Balaban J connectivity index is 1.25. The van der Waals surface area contributed by atoms with E-state index in [4.69, 9.17) is 4.74 Å².